The van der Waals surface area contributed by atoms with Crippen LogP contribution in [0.2, 0.25) is 0 Å². The van der Waals surface area contributed by atoms with Crippen LogP contribution in [-0.4, -0.2) is 35.9 Å². The number of rotatable bonds is 3. The van der Waals surface area contributed by atoms with E-state index in [-0.39, 0.29) is 5.56 Å². The summed E-state index contributed by atoms with van der Waals surface area (Å²) in [7, 11) is -4.35. The van der Waals surface area contributed by atoms with Crippen LogP contribution < -0.4 is 4.72 Å². The van der Waals surface area contributed by atoms with Crippen LogP contribution in [-0.2, 0) is 10.0 Å². The third-order valence-electron chi connectivity index (χ3n) is 2.29. The van der Waals surface area contributed by atoms with Crippen LogP contribution in [0.1, 0.15) is 5.56 Å². The molecule has 0 bridgehead atoms. The molecule has 6 nitrogen and oxygen atoms in total. The molecule has 0 amide bonds. The number of nitrogens with zero attached hydrogens (tertiary/aromatic N) is 3. The van der Waals surface area contributed by atoms with Crippen molar-refractivity contribution in [2.45, 2.75) is 6.18 Å². The van der Waals surface area contributed by atoms with Crippen LogP contribution in [0.15, 0.2) is 36.9 Å². The Morgan fingerprint density at radius 3 is 2.73 bits per heavy atom. The van der Waals surface area contributed by atoms with Crippen molar-refractivity contribution in [1.29, 1.82) is 0 Å². The van der Waals surface area contributed by atoms with Gasteiger partial charge in [-0.25, -0.2) is 4.68 Å². The molecule has 0 spiro atoms. The van der Waals surface area contributed by atoms with Crippen LogP contribution in [0.3, 0.4) is 0 Å². The van der Waals surface area contributed by atoms with E-state index in [2.05, 4.69) is 16.0 Å². The summed E-state index contributed by atoms with van der Waals surface area (Å²) >= 11 is 0. The molecule has 2 aromatic rings. The fourth-order valence-corrected chi connectivity index (χ4v) is 2.03. The predicted octanol–water partition coefficient (Wildman–Crippen LogP) is 1.06. The lowest BCUT2D eigenvalue weighted by Crippen LogP contribution is -2.32. The third kappa shape index (κ3) is 4.87. The maximum absolute atomic E-state index is 11.9. The average Bonchev–Trinajstić information content (AvgIpc) is 2.93. The Morgan fingerprint density at radius 1 is 1.32 bits per heavy atom. The quantitative estimate of drug-likeness (QED) is 0.854. The van der Waals surface area contributed by atoms with Gasteiger partial charge in [-0.05, 0) is 18.1 Å². The van der Waals surface area contributed by atoms with Gasteiger partial charge in [-0.1, -0.05) is 0 Å². The zero-order chi connectivity index (χ0) is 16.2. The Labute approximate surface area is 124 Å². The summed E-state index contributed by atoms with van der Waals surface area (Å²) in [6, 6.07) is 3.41. The number of alkyl halides is 3. The predicted molar refractivity (Wildman–Crippen MR) is 71.2 cm³/mol. The summed E-state index contributed by atoms with van der Waals surface area (Å²) in [4.78, 5) is 3.89. The monoisotopic (exact) mass is 330 g/mol. The van der Waals surface area contributed by atoms with Gasteiger partial charge in [-0.15, -0.1) is 0 Å². The van der Waals surface area contributed by atoms with Crippen molar-refractivity contribution in [2.24, 2.45) is 0 Å². The topological polar surface area (TPSA) is 76.9 Å². The van der Waals surface area contributed by atoms with Gasteiger partial charge in [0.15, 0.2) is 0 Å². The third-order valence-corrected chi connectivity index (χ3v) is 3.18. The van der Waals surface area contributed by atoms with Crippen LogP contribution in [0.25, 0.3) is 5.69 Å². The van der Waals surface area contributed by atoms with Gasteiger partial charge in [-0.3, -0.25) is 4.98 Å². The molecule has 2 rings (SSSR count). The first-order chi connectivity index (χ1) is 10.3. The van der Waals surface area contributed by atoms with E-state index >= 15 is 0 Å². The highest BCUT2D eigenvalue weighted by Gasteiger charge is 2.28. The van der Waals surface area contributed by atoms with Crippen molar-refractivity contribution in [3.8, 4) is 16.9 Å². The minimum Gasteiger partial charge on any atom is -0.262 e. The van der Waals surface area contributed by atoms with Gasteiger partial charge in [0.1, 0.15) is 6.54 Å². The number of hydrogen-bond donors (Lipinski definition) is 1. The highest BCUT2D eigenvalue weighted by atomic mass is 32.2. The number of aromatic nitrogens is 3. The first kappa shape index (κ1) is 16.0. The molecule has 116 valence electrons. The van der Waals surface area contributed by atoms with E-state index in [1.54, 1.807) is 23.6 Å². The molecule has 2 heterocycles. The molecular formula is C12H9F3N4O2S. The molecule has 1 N–H and O–H groups in total. The molecular weight excluding hydrogens is 321 g/mol. The van der Waals surface area contributed by atoms with Gasteiger partial charge in [0, 0.05) is 17.6 Å². The summed E-state index contributed by atoms with van der Waals surface area (Å²) in [6.07, 6.45) is 1.20. The van der Waals surface area contributed by atoms with Gasteiger partial charge < -0.3 is 0 Å². The van der Waals surface area contributed by atoms with Gasteiger partial charge in [-0.2, -0.15) is 31.4 Å². The average molecular weight is 330 g/mol. The van der Waals surface area contributed by atoms with Crippen LogP contribution in [0, 0.1) is 11.2 Å². The number of nitrogens with one attached hydrogen (secondary N) is 1. The molecule has 2 aromatic heterocycles. The fraction of sp³-hybridized carbons (Fsp3) is 0.167. The Balaban J connectivity index is 2.11. The van der Waals surface area contributed by atoms with Gasteiger partial charge in [0.2, 0.25) is 0 Å². The molecule has 0 fully saturated rings. The van der Waals surface area contributed by atoms with Gasteiger partial charge in [0.05, 0.1) is 23.6 Å². The molecule has 0 atom stereocenters. The molecule has 0 unspecified atom stereocenters. The van der Waals surface area contributed by atoms with Gasteiger partial charge >= 0.3 is 6.18 Å². The largest absolute Gasteiger partial charge is 0.402 e. The van der Waals surface area contributed by atoms with E-state index in [4.69, 9.17) is 0 Å². The maximum atomic E-state index is 11.9. The molecule has 0 saturated heterocycles. The summed E-state index contributed by atoms with van der Waals surface area (Å²) in [5.74, 6) is 2.24. The smallest absolute Gasteiger partial charge is 0.262 e. The Hall–Kier alpha value is -2.38. The summed E-state index contributed by atoms with van der Waals surface area (Å²) in [5, 5.41) is 5.71. The van der Waals surface area contributed by atoms with E-state index in [9.17, 15) is 21.6 Å². The Bertz CT molecular complexity index is 804. The number of hydrogen-bond acceptors (Lipinski definition) is 4. The van der Waals surface area contributed by atoms with Crippen LogP contribution in [0.4, 0.5) is 13.2 Å². The molecule has 0 aliphatic carbocycles. The molecule has 22 heavy (non-hydrogen) atoms. The van der Waals surface area contributed by atoms with Crippen molar-refractivity contribution in [3.05, 3.63) is 42.5 Å². The fourth-order valence-electron chi connectivity index (χ4n) is 1.36. The lowest BCUT2D eigenvalue weighted by Gasteiger charge is -2.04. The molecule has 0 saturated carbocycles. The number of sulfonamides is 1. The standard InChI is InChI=1S/C12H9F3N4O2S/c13-12(14,15)9-18-22(20,21)5-3-10-6-17-19(8-10)11-2-1-4-16-7-11/h1-2,4,6-8,18H,9H2. The second-order valence-electron chi connectivity index (χ2n) is 4.05. The minimum absolute atomic E-state index is 0.237. The van der Waals surface area contributed by atoms with E-state index < -0.39 is 22.7 Å². The highest BCUT2D eigenvalue weighted by molar-refractivity contribution is 7.94. The minimum atomic E-state index is -4.64. The maximum Gasteiger partial charge on any atom is 0.402 e. The molecule has 0 radical (unpaired) electrons. The van der Waals surface area contributed by atoms with E-state index in [0.717, 1.165) is 0 Å². The molecule has 0 aliphatic rings. The van der Waals surface area contributed by atoms with E-state index in [1.807, 2.05) is 0 Å². The first-order valence-corrected chi connectivity index (χ1v) is 7.28. The number of halogens is 3. The van der Waals surface area contributed by atoms with Crippen LogP contribution in [0.5, 0.6) is 0 Å². The zero-order valence-electron chi connectivity index (χ0n) is 10.9. The Morgan fingerprint density at radius 2 is 2.09 bits per heavy atom. The molecule has 10 heteroatoms. The second-order valence-corrected chi connectivity index (χ2v) is 5.55. The van der Waals surface area contributed by atoms with Crippen molar-refractivity contribution >= 4 is 10.0 Å². The summed E-state index contributed by atoms with van der Waals surface area (Å²) in [5.41, 5.74) is 0.870. The van der Waals surface area contributed by atoms with E-state index in [0.29, 0.717) is 5.69 Å². The van der Waals surface area contributed by atoms with Crippen molar-refractivity contribution in [2.75, 3.05) is 6.54 Å². The Kier molecular flexibility index (Phi) is 4.48. The summed E-state index contributed by atoms with van der Waals surface area (Å²) in [6.45, 7) is -1.67. The molecule has 0 aromatic carbocycles. The van der Waals surface area contributed by atoms with Gasteiger partial charge in [0.25, 0.3) is 10.0 Å². The zero-order valence-corrected chi connectivity index (χ0v) is 11.7. The first-order valence-electron chi connectivity index (χ1n) is 5.79. The van der Waals surface area contributed by atoms with Crippen LogP contribution >= 0.6 is 0 Å². The lowest BCUT2D eigenvalue weighted by molar-refractivity contribution is -0.121. The van der Waals surface area contributed by atoms with Crippen molar-refractivity contribution in [1.82, 2.24) is 19.5 Å². The van der Waals surface area contributed by atoms with Crippen molar-refractivity contribution < 1.29 is 21.6 Å². The normalized spacial score (nSPS) is 11.8. The lowest BCUT2D eigenvalue weighted by atomic mass is 10.4. The highest BCUT2D eigenvalue weighted by Crippen LogP contribution is 2.12. The summed E-state index contributed by atoms with van der Waals surface area (Å²) < 4.78 is 61.2. The van der Waals surface area contributed by atoms with Crippen molar-refractivity contribution in [3.63, 3.8) is 0 Å². The second kappa shape index (κ2) is 6.17. The molecule has 0 aliphatic heterocycles. The number of pyridine rings is 1. The van der Waals surface area contributed by atoms with E-state index in [1.165, 1.54) is 28.0 Å². The SMILES string of the molecule is O=S(=O)(C#Cc1cnn(-c2cccnc2)c1)NCC(F)(F)F.